The number of fused-ring (bicyclic) bond motifs is 2. The Morgan fingerprint density at radius 3 is 3.00 bits per heavy atom. The topological polar surface area (TPSA) is 46.9 Å². The summed E-state index contributed by atoms with van der Waals surface area (Å²) in [4.78, 5) is 16.7. The van der Waals surface area contributed by atoms with E-state index >= 15 is 0 Å². The molecule has 0 aliphatic heterocycles. The van der Waals surface area contributed by atoms with Gasteiger partial charge in [0.2, 0.25) is 0 Å². The molecule has 0 bridgehead atoms. The lowest BCUT2D eigenvalue weighted by atomic mass is 10.1. The number of nitrogens with zero attached hydrogens (tertiary/aromatic N) is 2. The number of amides is 1. The van der Waals surface area contributed by atoms with E-state index in [2.05, 4.69) is 10.3 Å². The summed E-state index contributed by atoms with van der Waals surface area (Å²) in [6.45, 7) is 0. The molecule has 5 heteroatoms. The molecule has 0 radical (unpaired) electrons. The number of aromatic nitrogens is 2. The standard InChI is InChI=1S/C17H13N3OS/c1-20-7-6-11-8-12(2-4-15(11)20)17(21)19-13-3-5-16-14(9-13)18-10-22-16/h2-10H,1H3,(H,19,21). The van der Waals surface area contributed by atoms with Gasteiger partial charge in [0, 0.05) is 35.4 Å². The number of hydrogen-bond acceptors (Lipinski definition) is 3. The zero-order valence-electron chi connectivity index (χ0n) is 11.9. The minimum absolute atomic E-state index is 0.111. The summed E-state index contributed by atoms with van der Waals surface area (Å²) >= 11 is 1.59. The molecule has 0 spiro atoms. The van der Waals surface area contributed by atoms with E-state index in [1.807, 2.05) is 60.3 Å². The minimum Gasteiger partial charge on any atom is -0.351 e. The van der Waals surface area contributed by atoms with Crippen LogP contribution in [0.25, 0.3) is 21.1 Å². The monoisotopic (exact) mass is 307 g/mol. The van der Waals surface area contributed by atoms with Crippen LogP contribution in [0.15, 0.2) is 54.2 Å². The van der Waals surface area contributed by atoms with Crippen molar-refractivity contribution in [3.05, 3.63) is 59.7 Å². The van der Waals surface area contributed by atoms with Gasteiger partial charge in [-0.1, -0.05) is 0 Å². The Kier molecular flexibility index (Phi) is 2.94. The number of carbonyl (C=O) groups is 1. The third-order valence-corrected chi connectivity index (χ3v) is 4.55. The molecule has 2 heterocycles. The van der Waals surface area contributed by atoms with Crippen molar-refractivity contribution >= 4 is 44.1 Å². The van der Waals surface area contributed by atoms with Crippen molar-refractivity contribution in [2.45, 2.75) is 0 Å². The zero-order chi connectivity index (χ0) is 15.1. The summed E-state index contributed by atoms with van der Waals surface area (Å²) in [5.74, 6) is -0.111. The van der Waals surface area contributed by atoms with Crippen LogP contribution in [0.3, 0.4) is 0 Å². The molecule has 4 rings (SSSR count). The lowest BCUT2D eigenvalue weighted by Gasteiger charge is -2.06. The Morgan fingerprint density at radius 2 is 2.09 bits per heavy atom. The Bertz CT molecular complexity index is 999. The first-order valence-electron chi connectivity index (χ1n) is 6.90. The summed E-state index contributed by atoms with van der Waals surface area (Å²) in [6.07, 6.45) is 1.99. The van der Waals surface area contributed by atoms with E-state index in [0.29, 0.717) is 5.56 Å². The second kappa shape index (κ2) is 4.96. The average molecular weight is 307 g/mol. The van der Waals surface area contributed by atoms with Gasteiger partial charge >= 0.3 is 0 Å². The summed E-state index contributed by atoms with van der Waals surface area (Å²) in [6, 6.07) is 13.5. The fraction of sp³-hybridized carbons (Fsp3) is 0.0588. The van der Waals surface area contributed by atoms with Crippen LogP contribution in [0.1, 0.15) is 10.4 Å². The third-order valence-electron chi connectivity index (χ3n) is 3.74. The van der Waals surface area contributed by atoms with Gasteiger partial charge in [-0.25, -0.2) is 4.98 Å². The molecule has 0 saturated carbocycles. The molecule has 108 valence electrons. The largest absolute Gasteiger partial charge is 0.351 e. The summed E-state index contributed by atoms with van der Waals surface area (Å²) in [5.41, 5.74) is 5.23. The van der Waals surface area contributed by atoms with Gasteiger partial charge in [0.1, 0.15) is 0 Å². The number of benzene rings is 2. The van der Waals surface area contributed by atoms with E-state index in [4.69, 9.17) is 0 Å². The van der Waals surface area contributed by atoms with Crippen LogP contribution in [0.4, 0.5) is 5.69 Å². The molecule has 4 aromatic rings. The van der Waals surface area contributed by atoms with Gasteiger partial charge in [0.15, 0.2) is 0 Å². The quantitative estimate of drug-likeness (QED) is 0.607. The van der Waals surface area contributed by atoms with Crippen molar-refractivity contribution in [2.75, 3.05) is 5.32 Å². The van der Waals surface area contributed by atoms with Gasteiger partial charge in [-0.2, -0.15) is 0 Å². The van der Waals surface area contributed by atoms with Crippen molar-refractivity contribution in [1.82, 2.24) is 9.55 Å². The average Bonchev–Trinajstić information content (AvgIpc) is 3.13. The van der Waals surface area contributed by atoms with E-state index in [-0.39, 0.29) is 5.91 Å². The van der Waals surface area contributed by atoms with Crippen molar-refractivity contribution in [3.63, 3.8) is 0 Å². The molecule has 0 aliphatic rings. The Labute approximate surface area is 131 Å². The first-order valence-corrected chi connectivity index (χ1v) is 7.78. The normalized spacial score (nSPS) is 11.1. The number of nitrogens with one attached hydrogen (secondary N) is 1. The lowest BCUT2D eigenvalue weighted by Crippen LogP contribution is -2.11. The fourth-order valence-corrected chi connectivity index (χ4v) is 3.22. The van der Waals surface area contributed by atoms with Gasteiger partial charge < -0.3 is 9.88 Å². The Morgan fingerprint density at radius 1 is 1.18 bits per heavy atom. The van der Waals surface area contributed by atoms with Crippen molar-refractivity contribution < 1.29 is 4.79 Å². The summed E-state index contributed by atoms with van der Waals surface area (Å²) in [7, 11) is 1.99. The molecule has 0 saturated heterocycles. The molecule has 0 fully saturated rings. The molecule has 4 nitrogen and oxygen atoms in total. The van der Waals surface area contributed by atoms with E-state index in [9.17, 15) is 4.79 Å². The van der Waals surface area contributed by atoms with E-state index in [1.165, 1.54) is 0 Å². The highest BCUT2D eigenvalue weighted by Crippen LogP contribution is 2.22. The molecular formula is C17H13N3OS. The lowest BCUT2D eigenvalue weighted by molar-refractivity contribution is 0.102. The van der Waals surface area contributed by atoms with Crippen LogP contribution in [0, 0.1) is 0 Å². The molecule has 1 amide bonds. The maximum atomic E-state index is 12.4. The smallest absolute Gasteiger partial charge is 0.255 e. The number of aryl methyl sites for hydroxylation is 1. The second-order valence-corrected chi connectivity index (χ2v) is 6.08. The predicted octanol–water partition coefficient (Wildman–Crippen LogP) is 4.04. The first-order chi connectivity index (χ1) is 10.7. The maximum absolute atomic E-state index is 12.4. The van der Waals surface area contributed by atoms with Gasteiger partial charge in [-0.15, -0.1) is 11.3 Å². The highest BCUT2D eigenvalue weighted by atomic mass is 32.1. The van der Waals surface area contributed by atoms with Crippen LogP contribution < -0.4 is 5.32 Å². The molecule has 0 aliphatic carbocycles. The highest BCUT2D eigenvalue weighted by molar-refractivity contribution is 7.16. The molecule has 1 N–H and O–H groups in total. The molecular weight excluding hydrogens is 294 g/mol. The third kappa shape index (κ3) is 2.16. The minimum atomic E-state index is -0.111. The first kappa shape index (κ1) is 13.0. The van der Waals surface area contributed by atoms with Crippen LogP contribution in [0.5, 0.6) is 0 Å². The fourth-order valence-electron chi connectivity index (χ4n) is 2.56. The molecule has 0 atom stereocenters. The number of hydrogen-bond donors (Lipinski definition) is 1. The van der Waals surface area contributed by atoms with Crippen molar-refractivity contribution in [2.24, 2.45) is 7.05 Å². The highest BCUT2D eigenvalue weighted by Gasteiger charge is 2.09. The molecule has 22 heavy (non-hydrogen) atoms. The SMILES string of the molecule is Cn1ccc2cc(C(=O)Nc3ccc4scnc4c3)ccc21. The Balaban J connectivity index is 1.64. The van der Waals surface area contributed by atoms with Gasteiger partial charge in [0.25, 0.3) is 5.91 Å². The summed E-state index contributed by atoms with van der Waals surface area (Å²) in [5, 5.41) is 3.99. The van der Waals surface area contributed by atoms with Crippen molar-refractivity contribution in [3.8, 4) is 0 Å². The summed E-state index contributed by atoms with van der Waals surface area (Å²) < 4.78 is 3.15. The van der Waals surface area contributed by atoms with Gasteiger partial charge in [-0.3, -0.25) is 4.79 Å². The second-order valence-electron chi connectivity index (χ2n) is 5.19. The predicted molar refractivity (Wildman–Crippen MR) is 90.5 cm³/mol. The number of thiazole rings is 1. The van der Waals surface area contributed by atoms with Crippen LogP contribution in [-0.2, 0) is 7.05 Å². The van der Waals surface area contributed by atoms with Crippen molar-refractivity contribution in [1.29, 1.82) is 0 Å². The number of anilines is 1. The van der Waals surface area contributed by atoms with E-state index < -0.39 is 0 Å². The van der Waals surface area contributed by atoms with E-state index in [0.717, 1.165) is 26.8 Å². The van der Waals surface area contributed by atoms with Crippen LogP contribution >= 0.6 is 11.3 Å². The molecule has 2 aromatic carbocycles. The van der Waals surface area contributed by atoms with Gasteiger partial charge in [-0.05, 0) is 42.5 Å². The number of rotatable bonds is 2. The van der Waals surface area contributed by atoms with Crippen LogP contribution in [0.2, 0.25) is 0 Å². The molecule has 2 aromatic heterocycles. The molecule has 0 unspecified atom stereocenters. The van der Waals surface area contributed by atoms with Gasteiger partial charge in [0.05, 0.1) is 15.7 Å². The number of carbonyl (C=O) groups excluding carboxylic acids is 1. The van der Waals surface area contributed by atoms with Crippen LogP contribution in [-0.4, -0.2) is 15.5 Å². The Hall–Kier alpha value is -2.66. The zero-order valence-corrected chi connectivity index (χ0v) is 12.7. The van der Waals surface area contributed by atoms with E-state index in [1.54, 1.807) is 16.8 Å². The maximum Gasteiger partial charge on any atom is 0.255 e.